The third-order valence-corrected chi connectivity index (χ3v) is 3.46. The summed E-state index contributed by atoms with van der Waals surface area (Å²) < 4.78 is 18.8. The molecule has 1 N–H and O–H groups in total. The lowest BCUT2D eigenvalue weighted by molar-refractivity contribution is -0.117. The van der Waals surface area contributed by atoms with E-state index in [1.54, 1.807) is 12.1 Å². The van der Waals surface area contributed by atoms with Crippen molar-refractivity contribution >= 4 is 11.6 Å². The number of nitrogens with zero attached hydrogens (tertiary/aromatic N) is 1. The van der Waals surface area contributed by atoms with E-state index in [1.165, 1.54) is 12.1 Å². The highest BCUT2D eigenvalue weighted by molar-refractivity contribution is 5.92. The van der Waals surface area contributed by atoms with Crippen LogP contribution in [-0.4, -0.2) is 37.6 Å². The molecule has 2 rings (SSSR count). The second-order valence-corrected chi connectivity index (χ2v) is 5.97. The van der Waals surface area contributed by atoms with Gasteiger partial charge in [0.2, 0.25) is 5.91 Å². The van der Waals surface area contributed by atoms with Crippen LogP contribution in [0.25, 0.3) is 0 Å². The molecule has 128 valence electrons. The highest BCUT2D eigenvalue weighted by Gasteiger charge is 2.08. The van der Waals surface area contributed by atoms with Gasteiger partial charge in [0.25, 0.3) is 0 Å². The van der Waals surface area contributed by atoms with Crippen molar-refractivity contribution in [3.8, 4) is 5.75 Å². The Morgan fingerprint density at radius 3 is 2.54 bits per heavy atom. The Morgan fingerprint density at radius 1 is 1.17 bits per heavy atom. The van der Waals surface area contributed by atoms with Crippen LogP contribution in [-0.2, 0) is 4.79 Å². The van der Waals surface area contributed by atoms with E-state index in [-0.39, 0.29) is 18.3 Å². The molecule has 0 aliphatic rings. The van der Waals surface area contributed by atoms with Gasteiger partial charge in [0.05, 0.1) is 6.54 Å². The van der Waals surface area contributed by atoms with Gasteiger partial charge in [-0.15, -0.1) is 0 Å². The molecular formula is C19H23FN2O2. The molecule has 24 heavy (non-hydrogen) atoms. The van der Waals surface area contributed by atoms with Crippen LogP contribution in [0.1, 0.15) is 11.1 Å². The Labute approximate surface area is 142 Å². The fraction of sp³-hybridized carbons (Fsp3) is 0.316. The van der Waals surface area contributed by atoms with Gasteiger partial charge < -0.3 is 10.1 Å². The van der Waals surface area contributed by atoms with E-state index in [2.05, 4.69) is 11.4 Å². The van der Waals surface area contributed by atoms with Crippen LogP contribution in [0, 0.1) is 19.7 Å². The molecule has 0 fully saturated rings. The average Bonchev–Trinajstić information content (AvgIpc) is 2.45. The van der Waals surface area contributed by atoms with E-state index in [0.29, 0.717) is 18.8 Å². The summed E-state index contributed by atoms with van der Waals surface area (Å²) in [7, 11) is 1.84. The first-order chi connectivity index (χ1) is 11.4. The fourth-order valence-electron chi connectivity index (χ4n) is 2.43. The van der Waals surface area contributed by atoms with Crippen molar-refractivity contribution in [1.82, 2.24) is 4.90 Å². The predicted molar refractivity (Wildman–Crippen MR) is 93.9 cm³/mol. The number of amides is 1. The number of ether oxygens (including phenoxy) is 1. The lowest BCUT2D eigenvalue weighted by Crippen LogP contribution is -2.33. The summed E-state index contributed by atoms with van der Waals surface area (Å²) in [5.74, 6) is 0.280. The monoisotopic (exact) mass is 330 g/mol. The standard InChI is InChI=1S/C19H23FN2O2/c1-14-9-15(2)11-18(10-14)24-8-7-22(3)13-19(23)21-17-6-4-5-16(20)12-17/h4-6,9-12H,7-8,13H2,1-3H3,(H,21,23). The number of carbonyl (C=O) groups is 1. The first kappa shape index (κ1) is 17.9. The van der Waals surface area contributed by atoms with E-state index >= 15 is 0 Å². The van der Waals surface area contributed by atoms with Gasteiger partial charge in [-0.25, -0.2) is 4.39 Å². The van der Waals surface area contributed by atoms with Gasteiger partial charge in [-0.2, -0.15) is 0 Å². The molecule has 0 saturated carbocycles. The van der Waals surface area contributed by atoms with Crippen LogP contribution in [0.15, 0.2) is 42.5 Å². The Balaban J connectivity index is 1.74. The molecule has 0 radical (unpaired) electrons. The minimum atomic E-state index is -0.372. The summed E-state index contributed by atoms with van der Waals surface area (Å²) in [6, 6.07) is 11.9. The molecule has 0 aliphatic carbocycles. The van der Waals surface area contributed by atoms with Crippen molar-refractivity contribution in [1.29, 1.82) is 0 Å². The van der Waals surface area contributed by atoms with Crippen molar-refractivity contribution < 1.29 is 13.9 Å². The molecule has 5 heteroatoms. The molecule has 0 spiro atoms. The first-order valence-corrected chi connectivity index (χ1v) is 7.87. The molecular weight excluding hydrogens is 307 g/mol. The quantitative estimate of drug-likeness (QED) is 0.846. The minimum absolute atomic E-state index is 0.186. The third-order valence-electron chi connectivity index (χ3n) is 3.46. The number of halogens is 1. The van der Waals surface area contributed by atoms with Gasteiger partial charge in [-0.05, 0) is 62.4 Å². The van der Waals surface area contributed by atoms with E-state index in [1.807, 2.05) is 37.9 Å². The van der Waals surface area contributed by atoms with Gasteiger partial charge in [0.15, 0.2) is 0 Å². The molecule has 0 saturated heterocycles. The normalized spacial score (nSPS) is 10.7. The topological polar surface area (TPSA) is 41.6 Å². The van der Waals surface area contributed by atoms with Crippen LogP contribution < -0.4 is 10.1 Å². The van der Waals surface area contributed by atoms with Crippen molar-refractivity contribution in [2.24, 2.45) is 0 Å². The molecule has 0 unspecified atom stereocenters. The molecule has 0 aromatic heterocycles. The fourth-order valence-corrected chi connectivity index (χ4v) is 2.43. The summed E-state index contributed by atoms with van der Waals surface area (Å²) in [4.78, 5) is 13.8. The molecule has 1 amide bonds. The van der Waals surface area contributed by atoms with Crippen LogP contribution in [0.4, 0.5) is 10.1 Å². The summed E-state index contributed by atoms with van der Waals surface area (Å²) >= 11 is 0. The molecule has 2 aromatic rings. The zero-order chi connectivity index (χ0) is 17.5. The first-order valence-electron chi connectivity index (χ1n) is 7.87. The minimum Gasteiger partial charge on any atom is -0.492 e. The number of aryl methyl sites for hydroxylation is 2. The zero-order valence-corrected chi connectivity index (χ0v) is 14.3. The smallest absolute Gasteiger partial charge is 0.238 e. The largest absolute Gasteiger partial charge is 0.492 e. The van der Waals surface area contributed by atoms with E-state index < -0.39 is 0 Å². The van der Waals surface area contributed by atoms with Gasteiger partial charge >= 0.3 is 0 Å². The Morgan fingerprint density at radius 2 is 1.88 bits per heavy atom. The summed E-state index contributed by atoms with van der Waals surface area (Å²) in [6.07, 6.45) is 0. The maximum Gasteiger partial charge on any atom is 0.238 e. The summed E-state index contributed by atoms with van der Waals surface area (Å²) in [5.41, 5.74) is 2.78. The van der Waals surface area contributed by atoms with Gasteiger partial charge in [-0.3, -0.25) is 9.69 Å². The lowest BCUT2D eigenvalue weighted by Gasteiger charge is -2.17. The van der Waals surface area contributed by atoms with Crippen LogP contribution in [0.2, 0.25) is 0 Å². The number of nitrogens with one attached hydrogen (secondary N) is 1. The van der Waals surface area contributed by atoms with Crippen LogP contribution in [0.3, 0.4) is 0 Å². The highest BCUT2D eigenvalue weighted by Crippen LogP contribution is 2.16. The number of rotatable bonds is 7. The maximum atomic E-state index is 13.1. The summed E-state index contributed by atoms with van der Waals surface area (Å²) in [6.45, 7) is 5.38. The molecule has 2 aromatic carbocycles. The average molecular weight is 330 g/mol. The Kier molecular flexibility index (Phi) is 6.32. The Hall–Kier alpha value is -2.40. The van der Waals surface area contributed by atoms with E-state index in [4.69, 9.17) is 4.74 Å². The SMILES string of the molecule is Cc1cc(C)cc(OCCN(C)CC(=O)Nc2cccc(F)c2)c1. The number of benzene rings is 2. The van der Waals surface area contributed by atoms with Crippen LogP contribution >= 0.6 is 0 Å². The molecule has 0 heterocycles. The second-order valence-electron chi connectivity index (χ2n) is 5.97. The van der Waals surface area contributed by atoms with Crippen molar-refractivity contribution in [2.45, 2.75) is 13.8 Å². The number of hydrogen-bond acceptors (Lipinski definition) is 3. The number of likely N-dealkylation sites (N-methyl/N-ethyl adjacent to an activating group) is 1. The zero-order valence-electron chi connectivity index (χ0n) is 14.3. The molecule has 0 atom stereocenters. The second kappa shape index (κ2) is 8.45. The molecule has 0 aliphatic heterocycles. The van der Waals surface area contributed by atoms with Crippen molar-refractivity contribution in [3.63, 3.8) is 0 Å². The van der Waals surface area contributed by atoms with Crippen molar-refractivity contribution in [3.05, 3.63) is 59.4 Å². The van der Waals surface area contributed by atoms with E-state index in [9.17, 15) is 9.18 Å². The molecule has 4 nitrogen and oxygen atoms in total. The third kappa shape index (κ3) is 6.01. The number of anilines is 1. The van der Waals surface area contributed by atoms with Crippen LogP contribution in [0.5, 0.6) is 5.75 Å². The van der Waals surface area contributed by atoms with E-state index in [0.717, 1.165) is 16.9 Å². The van der Waals surface area contributed by atoms with Gasteiger partial charge in [0.1, 0.15) is 18.2 Å². The number of hydrogen-bond donors (Lipinski definition) is 1. The molecule has 0 bridgehead atoms. The Bertz CT molecular complexity index is 683. The van der Waals surface area contributed by atoms with Crippen molar-refractivity contribution in [2.75, 3.05) is 32.1 Å². The van der Waals surface area contributed by atoms with Gasteiger partial charge in [0, 0.05) is 12.2 Å². The predicted octanol–water partition coefficient (Wildman–Crippen LogP) is 3.39. The summed E-state index contributed by atoms with van der Waals surface area (Å²) in [5, 5.41) is 2.68. The lowest BCUT2D eigenvalue weighted by atomic mass is 10.1. The maximum absolute atomic E-state index is 13.1. The number of carbonyl (C=O) groups excluding carboxylic acids is 1. The van der Waals surface area contributed by atoms with Gasteiger partial charge in [-0.1, -0.05) is 12.1 Å². The highest BCUT2D eigenvalue weighted by atomic mass is 19.1.